The Labute approximate surface area is 228 Å². The molecule has 0 aliphatic heterocycles. The fourth-order valence-electron chi connectivity index (χ4n) is 3.92. The van der Waals surface area contributed by atoms with Gasteiger partial charge >= 0.3 is 6.09 Å². The minimum Gasteiger partial charge on any atom is -0.493 e. The van der Waals surface area contributed by atoms with E-state index in [-0.39, 0.29) is 0 Å². The highest BCUT2D eigenvalue weighted by atomic mass is 32.1. The predicted octanol–water partition coefficient (Wildman–Crippen LogP) is 6.72. The molecule has 0 saturated carbocycles. The molecule has 200 valence electrons. The van der Waals surface area contributed by atoms with Crippen LogP contribution in [-0.4, -0.2) is 36.9 Å². The maximum Gasteiger partial charge on any atom is 0.407 e. The number of benzene rings is 3. The van der Waals surface area contributed by atoms with Crippen molar-refractivity contribution in [3.05, 3.63) is 83.4 Å². The molecule has 4 aromatic rings. The van der Waals surface area contributed by atoms with Gasteiger partial charge in [0.15, 0.2) is 16.6 Å². The van der Waals surface area contributed by atoms with Crippen LogP contribution in [0.2, 0.25) is 0 Å². The molecule has 7 nitrogen and oxygen atoms in total. The van der Waals surface area contributed by atoms with Gasteiger partial charge in [-0.15, -0.1) is 0 Å². The van der Waals surface area contributed by atoms with Crippen molar-refractivity contribution in [2.45, 2.75) is 46.4 Å². The van der Waals surface area contributed by atoms with Crippen LogP contribution in [0.1, 0.15) is 37.5 Å². The van der Waals surface area contributed by atoms with Gasteiger partial charge in [0.05, 0.1) is 17.3 Å². The van der Waals surface area contributed by atoms with E-state index in [4.69, 9.17) is 19.2 Å². The van der Waals surface area contributed by atoms with E-state index in [0.29, 0.717) is 37.7 Å². The lowest BCUT2D eigenvalue weighted by atomic mass is 10.1. The third-order valence-electron chi connectivity index (χ3n) is 5.85. The Balaban J connectivity index is 1.49. The molecule has 38 heavy (non-hydrogen) atoms. The highest BCUT2D eigenvalue weighted by molar-refractivity contribution is 7.22. The van der Waals surface area contributed by atoms with Crippen molar-refractivity contribution in [1.82, 2.24) is 10.3 Å². The number of anilines is 1. The monoisotopic (exact) mass is 533 g/mol. The Bertz CT molecular complexity index is 1350. The number of para-hydroxylation sites is 1. The molecule has 0 atom stereocenters. The second-order valence-electron chi connectivity index (χ2n) is 10.0. The molecule has 0 spiro atoms. The number of aromatic nitrogens is 1. The molecule has 0 aliphatic rings. The first kappa shape index (κ1) is 27.3. The smallest absolute Gasteiger partial charge is 0.407 e. The summed E-state index contributed by atoms with van der Waals surface area (Å²) in [6.45, 7) is 9.66. The van der Waals surface area contributed by atoms with Crippen LogP contribution in [0, 0.1) is 6.92 Å². The Morgan fingerprint density at radius 3 is 2.53 bits per heavy atom. The van der Waals surface area contributed by atoms with E-state index in [1.807, 2.05) is 69.3 Å². The Morgan fingerprint density at radius 2 is 1.79 bits per heavy atom. The van der Waals surface area contributed by atoms with Gasteiger partial charge in [0, 0.05) is 19.6 Å². The summed E-state index contributed by atoms with van der Waals surface area (Å²) in [4.78, 5) is 19.2. The molecule has 0 fully saturated rings. The SMILES string of the molecule is COc1cc(CN(CCNC(=O)OC(C)(C)C)c2nc3ccccc3s2)ccc1OCc1ccccc1C. The summed E-state index contributed by atoms with van der Waals surface area (Å²) in [6.07, 6.45) is -0.432. The molecule has 0 saturated heterocycles. The summed E-state index contributed by atoms with van der Waals surface area (Å²) < 4.78 is 18.3. The van der Waals surface area contributed by atoms with Gasteiger partial charge in [-0.05, 0) is 68.7 Å². The highest BCUT2D eigenvalue weighted by Crippen LogP contribution is 2.32. The Kier molecular flexibility index (Phi) is 8.73. The molecule has 1 amide bonds. The van der Waals surface area contributed by atoms with E-state index in [9.17, 15) is 4.79 Å². The Hall–Kier alpha value is -3.78. The minimum absolute atomic E-state index is 0.416. The fourth-order valence-corrected chi connectivity index (χ4v) is 4.91. The number of fused-ring (bicyclic) bond motifs is 1. The van der Waals surface area contributed by atoms with Crippen molar-refractivity contribution >= 4 is 32.8 Å². The van der Waals surface area contributed by atoms with E-state index >= 15 is 0 Å². The van der Waals surface area contributed by atoms with Crippen LogP contribution in [0.5, 0.6) is 11.5 Å². The number of nitrogens with zero attached hydrogens (tertiary/aromatic N) is 2. The molecule has 0 radical (unpaired) electrons. The van der Waals surface area contributed by atoms with Gasteiger partial charge in [-0.25, -0.2) is 9.78 Å². The molecule has 0 bridgehead atoms. The number of ether oxygens (including phenoxy) is 3. The van der Waals surface area contributed by atoms with Crippen LogP contribution in [0.3, 0.4) is 0 Å². The van der Waals surface area contributed by atoms with Gasteiger partial charge in [-0.1, -0.05) is 53.8 Å². The zero-order valence-electron chi connectivity index (χ0n) is 22.6. The summed E-state index contributed by atoms with van der Waals surface area (Å²) in [6, 6.07) is 22.2. The molecule has 8 heteroatoms. The number of hydrogen-bond acceptors (Lipinski definition) is 7. The summed E-state index contributed by atoms with van der Waals surface area (Å²) in [5.41, 5.74) is 3.78. The second-order valence-corrected chi connectivity index (χ2v) is 11.0. The number of alkyl carbamates (subject to hydrolysis) is 1. The van der Waals surface area contributed by atoms with Crippen molar-refractivity contribution in [2.75, 3.05) is 25.1 Å². The van der Waals surface area contributed by atoms with E-state index in [2.05, 4.69) is 35.3 Å². The number of nitrogens with one attached hydrogen (secondary N) is 1. The van der Waals surface area contributed by atoms with Crippen molar-refractivity contribution in [1.29, 1.82) is 0 Å². The number of aryl methyl sites for hydroxylation is 1. The van der Waals surface area contributed by atoms with Crippen LogP contribution in [0.25, 0.3) is 10.2 Å². The molecule has 3 aromatic carbocycles. The number of carbonyl (C=O) groups is 1. The van der Waals surface area contributed by atoms with Crippen LogP contribution in [0.15, 0.2) is 66.7 Å². The van der Waals surface area contributed by atoms with Gasteiger partial charge in [0.1, 0.15) is 12.2 Å². The molecule has 1 aromatic heterocycles. The second kappa shape index (κ2) is 12.2. The van der Waals surface area contributed by atoms with E-state index < -0.39 is 11.7 Å². The number of carbonyl (C=O) groups excluding carboxylic acids is 1. The summed E-state index contributed by atoms with van der Waals surface area (Å²) >= 11 is 1.63. The number of amides is 1. The van der Waals surface area contributed by atoms with Gasteiger partial charge < -0.3 is 24.4 Å². The molecule has 1 heterocycles. The minimum atomic E-state index is -0.545. The average molecular weight is 534 g/mol. The maximum absolute atomic E-state index is 12.2. The quantitative estimate of drug-likeness (QED) is 0.244. The molecule has 0 aliphatic carbocycles. The number of methoxy groups -OCH3 is 1. The lowest BCUT2D eigenvalue weighted by Gasteiger charge is -2.24. The van der Waals surface area contributed by atoms with Crippen molar-refractivity contribution in [3.8, 4) is 11.5 Å². The van der Waals surface area contributed by atoms with Gasteiger partial charge in [-0.3, -0.25) is 0 Å². The zero-order valence-corrected chi connectivity index (χ0v) is 23.4. The normalized spacial score (nSPS) is 11.3. The van der Waals surface area contributed by atoms with Crippen LogP contribution in [0.4, 0.5) is 9.93 Å². The highest BCUT2D eigenvalue weighted by Gasteiger charge is 2.18. The largest absolute Gasteiger partial charge is 0.493 e. The first-order valence-electron chi connectivity index (χ1n) is 12.6. The van der Waals surface area contributed by atoms with E-state index in [0.717, 1.165) is 26.5 Å². The number of hydrogen-bond donors (Lipinski definition) is 1. The van der Waals surface area contributed by atoms with Crippen LogP contribution < -0.4 is 19.7 Å². The third-order valence-corrected chi connectivity index (χ3v) is 6.95. The molecular weight excluding hydrogens is 498 g/mol. The predicted molar refractivity (Wildman–Crippen MR) is 153 cm³/mol. The van der Waals surface area contributed by atoms with Gasteiger partial charge in [0.2, 0.25) is 0 Å². The molecule has 4 rings (SSSR count). The molecule has 0 unspecified atom stereocenters. The number of rotatable bonds is 10. The standard InChI is InChI=1S/C30H35N3O4S/c1-21-10-6-7-11-23(21)20-36-25-15-14-22(18-26(25)35-5)19-33(17-16-31-29(34)37-30(2,3)4)28-32-24-12-8-9-13-27(24)38-28/h6-15,18H,16-17,19-20H2,1-5H3,(H,31,34). The van der Waals surface area contributed by atoms with Crippen LogP contribution in [-0.2, 0) is 17.9 Å². The van der Waals surface area contributed by atoms with Gasteiger partial charge in [-0.2, -0.15) is 0 Å². The summed E-state index contributed by atoms with van der Waals surface area (Å²) in [5, 5.41) is 3.74. The Morgan fingerprint density at radius 1 is 1.03 bits per heavy atom. The fraction of sp³-hybridized carbons (Fsp3) is 0.333. The summed E-state index contributed by atoms with van der Waals surface area (Å²) in [5.74, 6) is 1.37. The van der Waals surface area contributed by atoms with Crippen molar-refractivity contribution in [3.63, 3.8) is 0 Å². The lowest BCUT2D eigenvalue weighted by Crippen LogP contribution is -2.38. The third kappa shape index (κ3) is 7.38. The topological polar surface area (TPSA) is 72.9 Å². The summed E-state index contributed by atoms with van der Waals surface area (Å²) in [7, 11) is 1.65. The van der Waals surface area contributed by atoms with Gasteiger partial charge in [0.25, 0.3) is 0 Å². The zero-order chi connectivity index (χ0) is 27.1. The van der Waals surface area contributed by atoms with E-state index in [1.54, 1.807) is 18.4 Å². The average Bonchev–Trinajstić information content (AvgIpc) is 3.31. The van der Waals surface area contributed by atoms with Crippen LogP contribution >= 0.6 is 11.3 Å². The number of thiazole rings is 1. The first-order valence-corrected chi connectivity index (χ1v) is 13.4. The van der Waals surface area contributed by atoms with E-state index in [1.165, 1.54) is 5.56 Å². The van der Waals surface area contributed by atoms with Crippen molar-refractivity contribution < 1.29 is 19.0 Å². The molecular formula is C30H35N3O4S. The lowest BCUT2D eigenvalue weighted by molar-refractivity contribution is 0.0529. The molecule has 1 N–H and O–H groups in total. The maximum atomic E-state index is 12.2. The van der Waals surface area contributed by atoms with Crippen molar-refractivity contribution in [2.24, 2.45) is 0 Å². The first-order chi connectivity index (χ1) is 18.2.